The predicted molar refractivity (Wildman–Crippen MR) is 200 cm³/mol. The molecule has 0 aliphatic heterocycles. The van der Waals surface area contributed by atoms with Crippen molar-refractivity contribution >= 4 is 23.2 Å². The van der Waals surface area contributed by atoms with Crippen LogP contribution in [-0.2, 0) is 20.0 Å². The smallest absolute Gasteiger partial charge is 0.132 e. The second kappa shape index (κ2) is 17.8. The number of unbranched alkanes of at least 4 members (excludes halogenated alkanes) is 1. The number of halogens is 2. The van der Waals surface area contributed by atoms with Gasteiger partial charge in [-0.25, -0.2) is 4.99 Å². The van der Waals surface area contributed by atoms with Crippen LogP contribution in [0.25, 0.3) is 33.5 Å². The second-order valence-electron chi connectivity index (χ2n) is 11.4. The minimum absolute atomic E-state index is 0.343. The summed E-state index contributed by atoms with van der Waals surface area (Å²) in [7, 11) is 5.90. The monoisotopic (exact) mass is 668 g/mol. The van der Waals surface area contributed by atoms with E-state index in [1.165, 1.54) is 5.56 Å². The minimum atomic E-state index is 0.343. The Morgan fingerprint density at radius 3 is 2.34 bits per heavy atom. The lowest BCUT2D eigenvalue weighted by molar-refractivity contribution is 0.489. The van der Waals surface area contributed by atoms with Crippen LogP contribution in [0.1, 0.15) is 37.4 Å². The third-order valence-electron chi connectivity index (χ3n) is 8.25. The van der Waals surface area contributed by atoms with E-state index in [4.69, 9.17) is 33.2 Å². The summed E-state index contributed by atoms with van der Waals surface area (Å²) < 4.78 is 1.98. The average Bonchev–Trinajstić information content (AvgIpc) is 3.09. The van der Waals surface area contributed by atoms with Crippen LogP contribution >= 0.6 is 23.2 Å². The van der Waals surface area contributed by atoms with Crippen molar-refractivity contribution in [3.8, 4) is 33.5 Å². The largest absolute Gasteiger partial charge is 0.382 e. The fraction of sp³-hybridized carbons (Fsp3) is 0.282. The zero-order chi connectivity index (χ0) is 33.8. The van der Waals surface area contributed by atoms with E-state index in [0.29, 0.717) is 16.1 Å². The number of hydrogen-bond donors (Lipinski definition) is 3. The van der Waals surface area contributed by atoms with E-state index in [0.717, 1.165) is 89.2 Å². The standard InChI is InChI=1S/C39H46Cl2N6/c1-7-10-11-14-30(43-5)26-44-29(8-2)25-45-37-23-27(21-22-47(37)6)31-15-12-16-32(38(31)40)33-17-13-18-34(39(33)41)36-20-19-28(24-42-4)35(9-3)46-36/h7-8,12-13,15-23,25,30,42-44H,1-2,9-11,14,24,26H2,3-6H3/b29-25+,45-37?. The first kappa shape index (κ1) is 35.9. The molecular formula is C39H46Cl2N6. The molecule has 1 unspecified atom stereocenters. The molecule has 2 aromatic heterocycles. The maximum absolute atomic E-state index is 7.16. The van der Waals surface area contributed by atoms with E-state index < -0.39 is 0 Å². The van der Waals surface area contributed by atoms with Gasteiger partial charge in [0, 0.05) is 60.3 Å². The SMILES string of the molecule is C=CCCCC(CN/C(C=C)=C/N=c1cc(-c2cccc(-c3cccc(-c4ccc(CNC)c(CC)n4)c3Cl)c2Cl)ccn1C)NC. The molecule has 3 N–H and O–H groups in total. The Hall–Kier alpha value is -3.94. The summed E-state index contributed by atoms with van der Waals surface area (Å²) in [5.41, 5.74) is 9.16. The molecule has 6 nitrogen and oxygen atoms in total. The zero-order valence-electron chi connectivity index (χ0n) is 27.9. The molecule has 0 radical (unpaired) electrons. The van der Waals surface area contributed by atoms with E-state index >= 15 is 0 Å². The summed E-state index contributed by atoms with van der Waals surface area (Å²) in [6.07, 6.45) is 11.6. The van der Waals surface area contributed by atoms with E-state index in [9.17, 15) is 0 Å². The summed E-state index contributed by atoms with van der Waals surface area (Å²) in [6, 6.07) is 20.6. The highest BCUT2D eigenvalue weighted by atomic mass is 35.5. The number of aryl methyl sites for hydroxylation is 2. The Morgan fingerprint density at radius 1 is 0.979 bits per heavy atom. The van der Waals surface area contributed by atoms with Gasteiger partial charge in [0.2, 0.25) is 0 Å². The van der Waals surface area contributed by atoms with E-state index in [1.54, 1.807) is 6.08 Å². The van der Waals surface area contributed by atoms with Gasteiger partial charge in [-0.2, -0.15) is 0 Å². The van der Waals surface area contributed by atoms with Crippen LogP contribution in [0.5, 0.6) is 0 Å². The Bertz CT molecular complexity index is 1790. The number of nitrogens with zero attached hydrogens (tertiary/aromatic N) is 3. The molecule has 0 bridgehead atoms. The number of likely N-dealkylation sites (N-methyl/N-ethyl adjacent to an activating group) is 1. The summed E-state index contributed by atoms with van der Waals surface area (Å²) >= 11 is 14.3. The van der Waals surface area contributed by atoms with Gasteiger partial charge >= 0.3 is 0 Å². The van der Waals surface area contributed by atoms with Gasteiger partial charge in [0.15, 0.2) is 0 Å². The average molecular weight is 670 g/mol. The zero-order valence-corrected chi connectivity index (χ0v) is 29.4. The highest BCUT2D eigenvalue weighted by molar-refractivity contribution is 6.39. The third-order valence-corrected chi connectivity index (χ3v) is 9.06. The molecule has 1 atom stereocenters. The molecule has 0 saturated heterocycles. The molecule has 4 aromatic rings. The highest BCUT2D eigenvalue weighted by Crippen LogP contribution is 2.42. The van der Waals surface area contributed by atoms with Gasteiger partial charge in [0.25, 0.3) is 0 Å². The van der Waals surface area contributed by atoms with Gasteiger partial charge in [-0.1, -0.05) is 85.2 Å². The fourth-order valence-corrected chi connectivity index (χ4v) is 6.16. The topological polar surface area (TPSA) is 66.3 Å². The molecule has 0 aliphatic carbocycles. The lowest BCUT2D eigenvalue weighted by atomic mass is 9.97. The number of rotatable bonds is 16. The van der Waals surface area contributed by atoms with Crippen LogP contribution < -0.4 is 21.4 Å². The maximum atomic E-state index is 7.16. The van der Waals surface area contributed by atoms with Crippen LogP contribution in [0.3, 0.4) is 0 Å². The Labute approximate surface area is 290 Å². The Morgan fingerprint density at radius 2 is 1.68 bits per heavy atom. The number of pyridine rings is 2. The summed E-state index contributed by atoms with van der Waals surface area (Å²) in [5, 5.41) is 11.3. The molecule has 0 saturated carbocycles. The molecule has 0 spiro atoms. The number of allylic oxidation sites excluding steroid dienone is 2. The van der Waals surface area contributed by atoms with Crippen molar-refractivity contribution in [2.45, 2.75) is 45.2 Å². The van der Waals surface area contributed by atoms with Crippen molar-refractivity contribution in [2.24, 2.45) is 12.0 Å². The van der Waals surface area contributed by atoms with Crippen molar-refractivity contribution in [3.05, 3.63) is 131 Å². The molecule has 8 heteroatoms. The molecule has 47 heavy (non-hydrogen) atoms. The Balaban J connectivity index is 1.65. The first-order valence-electron chi connectivity index (χ1n) is 16.1. The van der Waals surface area contributed by atoms with Crippen molar-refractivity contribution < 1.29 is 0 Å². The molecule has 4 rings (SSSR count). The van der Waals surface area contributed by atoms with E-state index in [-0.39, 0.29) is 0 Å². The van der Waals surface area contributed by atoms with E-state index in [2.05, 4.69) is 42.1 Å². The number of nitrogens with one attached hydrogen (secondary N) is 3. The minimum Gasteiger partial charge on any atom is -0.382 e. The lowest BCUT2D eigenvalue weighted by Gasteiger charge is -2.17. The second-order valence-corrected chi connectivity index (χ2v) is 12.2. The molecule has 0 aliphatic rings. The van der Waals surface area contributed by atoms with Crippen LogP contribution in [0.15, 0.2) is 109 Å². The molecule has 246 valence electrons. The first-order valence-corrected chi connectivity index (χ1v) is 16.9. The fourth-order valence-electron chi connectivity index (χ4n) is 5.50. The highest BCUT2D eigenvalue weighted by Gasteiger charge is 2.17. The van der Waals surface area contributed by atoms with Gasteiger partial charge in [0.1, 0.15) is 5.49 Å². The van der Waals surface area contributed by atoms with E-state index in [1.807, 2.05) is 98.8 Å². The quantitative estimate of drug-likeness (QED) is 0.0637. The van der Waals surface area contributed by atoms with Crippen molar-refractivity contribution in [2.75, 3.05) is 20.6 Å². The third kappa shape index (κ3) is 9.11. The number of hydrogen-bond acceptors (Lipinski definition) is 5. The van der Waals surface area contributed by atoms with Crippen LogP contribution in [0.2, 0.25) is 10.0 Å². The molecular weight excluding hydrogens is 623 g/mol. The molecule has 2 heterocycles. The number of aromatic nitrogens is 2. The van der Waals surface area contributed by atoms with Gasteiger partial charge in [0.05, 0.1) is 27.6 Å². The lowest BCUT2D eigenvalue weighted by Crippen LogP contribution is -2.35. The normalized spacial score (nSPS) is 12.6. The molecule has 2 aromatic carbocycles. The van der Waals surface area contributed by atoms with Gasteiger partial charge in [-0.3, -0.25) is 4.98 Å². The van der Waals surface area contributed by atoms with Crippen LogP contribution in [-0.4, -0.2) is 36.2 Å². The van der Waals surface area contributed by atoms with Crippen LogP contribution in [0, 0.1) is 0 Å². The van der Waals surface area contributed by atoms with Crippen molar-refractivity contribution in [1.82, 2.24) is 25.5 Å². The van der Waals surface area contributed by atoms with Crippen molar-refractivity contribution in [3.63, 3.8) is 0 Å². The molecule has 0 fully saturated rings. The van der Waals surface area contributed by atoms with Gasteiger partial charge in [-0.15, -0.1) is 6.58 Å². The first-order chi connectivity index (χ1) is 22.8. The summed E-state index contributed by atoms with van der Waals surface area (Å²) in [5.74, 6) is 0. The maximum Gasteiger partial charge on any atom is 0.132 e. The summed E-state index contributed by atoms with van der Waals surface area (Å²) in [4.78, 5) is 9.77. The van der Waals surface area contributed by atoms with Crippen molar-refractivity contribution in [1.29, 1.82) is 0 Å². The van der Waals surface area contributed by atoms with Gasteiger partial charge in [-0.05, 0) is 75.2 Å². The Kier molecular flexibility index (Phi) is 13.6. The van der Waals surface area contributed by atoms with Crippen LogP contribution in [0.4, 0.5) is 0 Å². The molecule has 0 amide bonds. The number of benzene rings is 2. The predicted octanol–water partition coefficient (Wildman–Crippen LogP) is 8.47. The summed E-state index contributed by atoms with van der Waals surface area (Å²) in [6.45, 7) is 11.5. The van der Waals surface area contributed by atoms with Gasteiger partial charge < -0.3 is 20.5 Å².